The fourth-order valence-corrected chi connectivity index (χ4v) is 10.6. The molecule has 0 bridgehead atoms. The number of piperidine rings is 1. The molecule has 3 aromatic rings. The summed E-state index contributed by atoms with van der Waals surface area (Å²) >= 11 is 0. The topological polar surface area (TPSA) is 255 Å². The highest BCUT2D eigenvalue weighted by Crippen LogP contribution is 2.52. The van der Waals surface area contributed by atoms with E-state index in [1.54, 1.807) is 31.5 Å². The molecule has 344 valence electrons. The Morgan fingerprint density at radius 1 is 1.05 bits per heavy atom. The highest BCUT2D eigenvalue weighted by Gasteiger charge is 2.52. The van der Waals surface area contributed by atoms with Crippen molar-refractivity contribution in [1.82, 2.24) is 41.0 Å². The minimum Gasteiger partial charge on any atom is -0.496 e. The van der Waals surface area contributed by atoms with Gasteiger partial charge in [0.2, 0.25) is 17.7 Å². The summed E-state index contributed by atoms with van der Waals surface area (Å²) in [6, 6.07) is 10.4. The van der Waals surface area contributed by atoms with Crippen LogP contribution in [0.5, 0.6) is 5.75 Å². The van der Waals surface area contributed by atoms with Crippen LogP contribution in [0.1, 0.15) is 86.3 Å². The number of likely N-dealkylation sites (tertiary alicyclic amines) is 2. The lowest BCUT2D eigenvalue weighted by Gasteiger charge is -2.34. The van der Waals surface area contributed by atoms with E-state index in [1.807, 2.05) is 26.1 Å². The summed E-state index contributed by atoms with van der Waals surface area (Å²) in [6.45, 7) is 4.35. The van der Waals surface area contributed by atoms with Gasteiger partial charge in [-0.05, 0) is 118 Å². The molecular formula is C47H58N10O8. The van der Waals surface area contributed by atoms with Gasteiger partial charge in [0.15, 0.2) is 0 Å². The van der Waals surface area contributed by atoms with Crippen LogP contribution in [0.15, 0.2) is 41.3 Å². The van der Waals surface area contributed by atoms with Gasteiger partial charge in [-0.1, -0.05) is 13.0 Å². The number of nitriles is 2. The van der Waals surface area contributed by atoms with Crippen molar-refractivity contribution < 1.29 is 33.4 Å². The van der Waals surface area contributed by atoms with Crippen LogP contribution in [0.4, 0.5) is 4.79 Å². The van der Waals surface area contributed by atoms with E-state index in [2.05, 4.69) is 48.3 Å². The number of fused-ring (bicyclic) bond motifs is 2. The molecule has 4 fully saturated rings. The number of benzene rings is 1. The van der Waals surface area contributed by atoms with Gasteiger partial charge in [0.05, 0.1) is 19.2 Å². The molecule has 0 spiro atoms. The minimum absolute atomic E-state index is 0.0180. The molecular weight excluding hydrogens is 833 g/mol. The van der Waals surface area contributed by atoms with Crippen molar-refractivity contribution in [3.63, 3.8) is 0 Å². The third kappa shape index (κ3) is 9.98. The first-order valence-electron chi connectivity index (χ1n) is 22.7. The molecule has 18 nitrogen and oxygen atoms in total. The molecule has 5 aliphatic rings. The number of amides is 5. The largest absolute Gasteiger partial charge is 0.496 e. The summed E-state index contributed by atoms with van der Waals surface area (Å²) in [7, 11) is 3.56. The van der Waals surface area contributed by atoms with E-state index in [0.29, 0.717) is 67.3 Å². The van der Waals surface area contributed by atoms with Crippen LogP contribution in [0.3, 0.4) is 0 Å². The molecule has 8 atom stereocenters. The lowest BCUT2D eigenvalue weighted by molar-refractivity contribution is -0.127. The number of nitrogens with zero attached hydrogens (tertiary/aromatic N) is 4. The van der Waals surface area contributed by atoms with Gasteiger partial charge in [0, 0.05) is 61.2 Å². The molecule has 8 rings (SSSR count). The van der Waals surface area contributed by atoms with E-state index >= 15 is 0 Å². The van der Waals surface area contributed by atoms with Gasteiger partial charge in [0.25, 0.3) is 11.5 Å². The second-order valence-electron chi connectivity index (χ2n) is 19.2. The molecule has 3 aliphatic heterocycles. The average Bonchev–Trinajstić information content (AvgIpc) is 3.56. The van der Waals surface area contributed by atoms with Crippen molar-refractivity contribution in [3.8, 4) is 17.9 Å². The van der Waals surface area contributed by atoms with Crippen LogP contribution in [0.2, 0.25) is 0 Å². The zero-order chi connectivity index (χ0) is 46.0. The second-order valence-corrected chi connectivity index (χ2v) is 19.2. The Kier molecular flexibility index (Phi) is 12.9. The fraction of sp³-hybridized carbons (Fsp3) is 0.574. The number of rotatable bonds is 14. The fourth-order valence-electron chi connectivity index (χ4n) is 10.6. The van der Waals surface area contributed by atoms with E-state index in [0.717, 1.165) is 25.1 Å². The molecule has 3 saturated heterocycles. The predicted octanol–water partition coefficient (Wildman–Crippen LogP) is 2.79. The highest BCUT2D eigenvalue weighted by atomic mass is 16.6. The van der Waals surface area contributed by atoms with Crippen LogP contribution in [0.25, 0.3) is 10.9 Å². The Hall–Kier alpha value is -6.40. The molecule has 1 aromatic carbocycles. The van der Waals surface area contributed by atoms with Gasteiger partial charge in [-0.3, -0.25) is 28.9 Å². The first-order valence-corrected chi connectivity index (χ1v) is 22.7. The van der Waals surface area contributed by atoms with E-state index in [1.165, 1.54) is 4.90 Å². The van der Waals surface area contributed by atoms with Crippen molar-refractivity contribution in [2.45, 2.75) is 107 Å². The molecule has 6 N–H and O–H groups in total. The normalized spacial score (nSPS) is 27.3. The standard InChI is InChI=1S/C47H58N10O8/c1-46(23-38(44(62)52-31(24-48)18-28-9-14-50-40(28)58)57(26-46)45(63)65-32-10-15-56(2)16-11-32)21-30-17-29(30)19-36(54-42(60)37-20-33-35(53-37)5-4-6-39(33)64-3)43(61)55-47(25-49)12-7-27-8-13-51-41(59)34(27)22-47/h4-6,8,13,20,28-32,36,38,53H,7,9-12,14-19,21-23,26H2,1-3H3,(H,50,58)(H,51,59)(H,52,62)(H,54,60)(H,55,61). The molecule has 65 heavy (non-hydrogen) atoms. The minimum atomic E-state index is -1.37. The summed E-state index contributed by atoms with van der Waals surface area (Å²) in [5.41, 5.74) is -0.0518. The van der Waals surface area contributed by atoms with Gasteiger partial charge in [-0.2, -0.15) is 10.5 Å². The molecule has 5 amide bonds. The van der Waals surface area contributed by atoms with Crippen LogP contribution < -0.4 is 31.6 Å². The number of aromatic nitrogens is 2. The van der Waals surface area contributed by atoms with Crippen LogP contribution in [-0.4, -0.2) is 120 Å². The second kappa shape index (κ2) is 18.6. The third-order valence-corrected chi connectivity index (χ3v) is 14.3. The maximum absolute atomic E-state index is 14.4. The Morgan fingerprint density at radius 3 is 2.57 bits per heavy atom. The Balaban J connectivity index is 0.984. The lowest BCUT2D eigenvalue weighted by Crippen LogP contribution is -2.57. The van der Waals surface area contributed by atoms with E-state index < -0.39 is 52.9 Å². The van der Waals surface area contributed by atoms with Crippen molar-refractivity contribution >= 4 is 40.6 Å². The van der Waals surface area contributed by atoms with Gasteiger partial charge in [0.1, 0.15) is 41.2 Å². The molecule has 1 saturated carbocycles. The van der Waals surface area contributed by atoms with Crippen LogP contribution >= 0.6 is 0 Å². The zero-order valence-corrected chi connectivity index (χ0v) is 37.2. The Bertz CT molecular complexity index is 2480. The third-order valence-electron chi connectivity index (χ3n) is 14.3. The predicted molar refractivity (Wildman–Crippen MR) is 236 cm³/mol. The highest BCUT2D eigenvalue weighted by molar-refractivity contribution is 6.01. The van der Waals surface area contributed by atoms with Crippen molar-refractivity contribution in [1.29, 1.82) is 10.5 Å². The number of aryl methyl sites for hydroxylation is 1. The summed E-state index contributed by atoms with van der Waals surface area (Å²) in [5.74, 6) is -1.42. The first-order chi connectivity index (χ1) is 31.2. The van der Waals surface area contributed by atoms with Crippen LogP contribution in [0, 0.1) is 45.8 Å². The smallest absolute Gasteiger partial charge is 0.410 e. The van der Waals surface area contributed by atoms with Crippen molar-refractivity contribution in [3.05, 3.63) is 63.7 Å². The maximum Gasteiger partial charge on any atom is 0.410 e. The Labute approximate surface area is 377 Å². The number of aromatic amines is 2. The van der Waals surface area contributed by atoms with E-state index in [4.69, 9.17) is 9.47 Å². The van der Waals surface area contributed by atoms with E-state index in [9.17, 15) is 39.3 Å². The molecule has 18 heteroatoms. The molecule has 2 aliphatic carbocycles. The van der Waals surface area contributed by atoms with Gasteiger partial charge >= 0.3 is 6.09 Å². The van der Waals surface area contributed by atoms with E-state index in [-0.39, 0.29) is 73.2 Å². The van der Waals surface area contributed by atoms with Crippen LogP contribution in [-0.2, 0) is 32.0 Å². The number of ether oxygens (including phenoxy) is 2. The van der Waals surface area contributed by atoms with Gasteiger partial charge < -0.3 is 45.6 Å². The van der Waals surface area contributed by atoms with Gasteiger partial charge in [-0.25, -0.2) is 4.79 Å². The number of H-pyrrole nitrogens is 2. The summed E-state index contributed by atoms with van der Waals surface area (Å²) in [5, 5.41) is 32.7. The quantitative estimate of drug-likeness (QED) is 0.137. The maximum atomic E-state index is 14.4. The zero-order valence-electron chi connectivity index (χ0n) is 37.2. The number of methoxy groups -OCH3 is 1. The molecule has 2 aromatic heterocycles. The molecule has 5 heterocycles. The number of pyridine rings is 1. The van der Waals surface area contributed by atoms with Gasteiger partial charge in [-0.15, -0.1) is 0 Å². The summed E-state index contributed by atoms with van der Waals surface area (Å²) in [4.78, 5) is 90.9. The first kappa shape index (κ1) is 45.2. The number of hydrogen-bond donors (Lipinski definition) is 6. The lowest BCUT2D eigenvalue weighted by atomic mass is 9.79. The molecule has 0 radical (unpaired) electrons. The summed E-state index contributed by atoms with van der Waals surface area (Å²) in [6.07, 6.45) is 5.42. The number of hydrogen-bond acceptors (Lipinski definition) is 11. The number of nitrogens with one attached hydrogen (secondary N) is 6. The van der Waals surface area contributed by atoms with Crippen molar-refractivity contribution in [2.75, 3.05) is 40.3 Å². The SMILES string of the molecule is COc1cccc2[nH]c(C(=O)NC(CC3CC3CC3(C)CC(C(=O)NC(C#N)CC4CCNC4=O)N(C(=O)OC4CCN(C)CC4)C3)C(=O)NC3(C#N)CCc4cc[nH]c(=O)c4C3)cc12. The average molecular weight is 891 g/mol. The van der Waals surface area contributed by atoms with Crippen molar-refractivity contribution in [2.24, 2.45) is 23.2 Å². The Morgan fingerprint density at radius 2 is 1.85 bits per heavy atom. The molecule has 8 unspecified atom stereocenters. The number of carbonyl (C=O) groups is 5. The summed E-state index contributed by atoms with van der Waals surface area (Å²) < 4.78 is 11.5. The number of carbonyl (C=O) groups excluding carboxylic acids is 5. The monoisotopic (exact) mass is 890 g/mol.